The van der Waals surface area contributed by atoms with E-state index in [-0.39, 0.29) is 6.61 Å². The van der Waals surface area contributed by atoms with E-state index in [1.165, 1.54) is 30.4 Å². The second-order valence-electron chi connectivity index (χ2n) is 7.06. The van der Waals surface area contributed by atoms with E-state index in [0.717, 1.165) is 44.9 Å². The minimum Gasteiger partial charge on any atom is -0.396 e. The van der Waals surface area contributed by atoms with Gasteiger partial charge in [0.05, 0.1) is 0 Å². The maximum absolute atomic E-state index is 9.22. The summed E-state index contributed by atoms with van der Waals surface area (Å²) in [6, 6.07) is 8.85. The van der Waals surface area contributed by atoms with Crippen LogP contribution in [0.15, 0.2) is 29.3 Å². The van der Waals surface area contributed by atoms with E-state index in [0.29, 0.717) is 11.8 Å². The molecule has 2 unspecified atom stereocenters. The van der Waals surface area contributed by atoms with Gasteiger partial charge >= 0.3 is 0 Å². The Morgan fingerprint density at radius 1 is 1.24 bits per heavy atom. The fourth-order valence-electron chi connectivity index (χ4n) is 3.77. The van der Waals surface area contributed by atoms with E-state index in [2.05, 4.69) is 48.7 Å². The number of benzene rings is 1. The third kappa shape index (κ3) is 6.35. The van der Waals surface area contributed by atoms with Crippen LogP contribution >= 0.6 is 0 Å². The van der Waals surface area contributed by atoms with Gasteiger partial charge in [0.15, 0.2) is 5.96 Å². The highest BCUT2D eigenvalue weighted by atomic mass is 16.3. The molecule has 0 aliphatic heterocycles. The zero-order chi connectivity index (χ0) is 17.9. The lowest BCUT2D eigenvalue weighted by atomic mass is 9.83. The van der Waals surface area contributed by atoms with Gasteiger partial charge in [-0.2, -0.15) is 0 Å². The van der Waals surface area contributed by atoms with E-state index < -0.39 is 0 Å². The van der Waals surface area contributed by atoms with E-state index in [9.17, 15) is 5.11 Å². The van der Waals surface area contributed by atoms with Crippen LogP contribution in [0.4, 0.5) is 0 Å². The molecule has 0 aromatic heterocycles. The fraction of sp³-hybridized carbons (Fsp3) is 0.667. The number of aliphatic imine (C=N–C) groups is 1. The van der Waals surface area contributed by atoms with E-state index in [4.69, 9.17) is 4.99 Å². The highest BCUT2D eigenvalue weighted by molar-refractivity contribution is 5.79. The van der Waals surface area contributed by atoms with Crippen LogP contribution in [0.2, 0.25) is 0 Å². The number of hydrogen-bond donors (Lipinski definition) is 3. The van der Waals surface area contributed by atoms with Gasteiger partial charge in [0, 0.05) is 32.2 Å². The number of rotatable bonds is 9. The molecule has 1 aromatic carbocycles. The van der Waals surface area contributed by atoms with Crippen LogP contribution in [0.5, 0.6) is 0 Å². The fourth-order valence-corrected chi connectivity index (χ4v) is 3.77. The molecule has 0 spiro atoms. The molecule has 0 saturated heterocycles. The van der Waals surface area contributed by atoms with Gasteiger partial charge in [0.25, 0.3) is 0 Å². The van der Waals surface area contributed by atoms with Gasteiger partial charge in [0.2, 0.25) is 0 Å². The predicted octanol–water partition coefficient (Wildman–Crippen LogP) is 3.46. The SMILES string of the molecule is CCCC(CCO)CN=C(NCC)NCC1CCCc2ccccc21. The number of fused-ring (bicyclic) bond motifs is 1. The largest absolute Gasteiger partial charge is 0.396 e. The molecule has 4 nitrogen and oxygen atoms in total. The number of nitrogens with zero attached hydrogens (tertiary/aromatic N) is 1. The summed E-state index contributed by atoms with van der Waals surface area (Å²) in [5.74, 6) is 1.95. The van der Waals surface area contributed by atoms with Crippen LogP contribution in [-0.2, 0) is 6.42 Å². The Bertz CT molecular complexity index is 524. The lowest BCUT2D eigenvalue weighted by Gasteiger charge is -2.26. The minimum atomic E-state index is 0.253. The molecule has 2 rings (SSSR count). The summed E-state index contributed by atoms with van der Waals surface area (Å²) in [6.45, 7) is 7.13. The smallest absolute Gasteiger partial charge is 0.191 e. The van der Waals surface area contributed by atoms with E-state index in [1.807, 2.05) is 0 Å². The molecule has 1 aromatic rings. The first-order valence-corrected chi connectivity index (χ1v) is 9.99. The van der Waals surface area contributed by atoms with Gasteiger partial charge < -0.3 is 15.7 Å². The number of nitrogens with one attached hydrogen (secondary N) is 2. The van der Waals surface area contributed by atoms with Gasteiger partial charge in [-0.3, -0.25) is 4.99 Å². The molecule has 3 N–H and O–H groups in total. The Hall–Kier alpha value is -1.55. The highest BCUT2D eigenvalue weighted by Gasteiger charge is 2.19. The Labute approximate surface area is 153 Å². The van der Waals surface area contributed by atoms with E-state index in [1.54, 1.807) is 0 Å². The zero-order valence-corrected chi connectivity index (χ0v) is 15.9. The normalized spacial score (nSPS) is 18.5. The van der Waals surface area contributed by atoms with E-state index >= 15 is 0 Å². The number of guanidine groups is 1. The summed E-state index contributed by atoms with van der Waals surface area (Å²) in [4.78, 5) is 4.77. The molecule has 4 heteroatoms. The summed E-state index contributed by atoms with van der Waals surface area (Å²) in [5.41, 5.74) is 3.01. The molecule has 0 heterocycles. The molecule has 2 atom stereocenters. The molecular weight excluding hydrogens is 310 g/mol. The zero-order valence-electron chi connectivity index (χ0n) is 15.9. The molecule has 0 fully saturated rings. The summed E-state index contributed by atoms with van der Waals surface area (Å²) in [5, 5.41) is 16.1. The molecule has 0 radical (unpaired) electrons. The van der Waals surface area contributed by atoms with Gasteiger partial charge in [-0.15, -0.1) is 0 Å². The monoisotopic (exact) mass is 345 g/mol. The molecule has 1 aliphatic carbocycles. The Morgan fingerprint density at radius 2 is 2.08 bits per heavy atom. The van der Waals surface area contributed by atoms with Gasteiger partial charge in [-0.25, -0.2) is 0 Å². The average molecular weight is 346 g/mol. The maximum Gasteiger partial charge on any atom is 0.191 e. The van der Waals surface area contributed by atoms with Crippen LogP contribution in [0.25, 0.3) is 0 Å². The Morgan fingerprint density at radius 3 is 2.84 bits per heavy atom. The van der Waals surface area contributed by atoms with Crippen molar-refractivity contribution in [3.05, 3.63) is 35.4 Å². The summed E-state index contributed by atoms with van der Waals surface area (Å²) < 4.78 is 0. The lowest BCUT2D eigenvalue weighted by Crippen LogP contribution is -2.40. The first kappa shape index (κ1) is 19.8. The number of aliphatic hydroxyl groups excluding tert-OH is 1. The number of aliphatic hydroxyl groups is 1. The summed E-state index contributed by atoms with van der Waals surface area (Å²) >= 11 is 0. The quantitative estimate of drug-likeness (QED) is 0.474. The van der Waals surface area contributed by atoms with Crippen molar-refractivity contribution in [1.82, 2.24) is 10.6 Å². The van der Waals surface area contributed by atoms with Crippen molar-refractivity contribution in [2.45, 2.75) is 58.3 Å². The maximum atomic E-state index is 9.22. The van der Waals surface area contributed by atoms with Gasteiger partial charge in [0.1, 0.15) is 0 Å². The van der Waals surface area contributed by atoms with Crippen LogP contribution in [0, 0.1) is 5.92 Å². The number of aryl methyl sites for hydroxylation is 1. The van der Waals surface area contributed by atoms with Crippen LogP contribution in [-0.4, -0.2) is 37.3 Å². The van der Waals surface area contributed by atoms with Crippen molar-refractivity contribution in [1.29, 1.82) is 0 Å². The van der Waals surface area contributed by atoms with Crippen molar-refractivity contribution in [2.24, 2.45) is 10.9 Å². The molecule has 25 heavy (non-hydrogen) atoms. The van der Waals surface area contributed by atoms with Crippen LogP contribution < -0.4 is 10.6 Å². The lowest BCUT2D eigenvalue weighted by molar-refractivity contribution is 0.253. The van der Waals surface area contributed by atoms with Crippen molar-refractivity contribution in [2.75, 3.05) is 26.2 Å². The van der Waals surface area contributed by atoms with Crippen LogP contribution in [0.1, 0.15) is 63.0 Å². The Balaban J connectivity index is 1.94. The standard InChI is InChI=1S/C21H35N3O/c1-3-8-17(13-14-25)15-23-21(22-4-2)24-16-19-11-7-10-18-9-5-6-12-20(18)19/h5-6,9,12,17,19,25H,3-4,7-8,10-11,13-16H2,1-2H3,(H2,22,23,24). The topological polar surface area (TPSA) is 56.7 Å². The average Bonchev–Trinajstić information content (AvgIpc) is 2.64. The molecule has 0 saturated carbocycles. The first-order chi connectivity index (χ1) is 12.3. The molecule has 0 amide bonds. The van der Waals surface area contributed by atoms with Crippen LogP contribution in [0.3, 0.4) is 0 Å². The van der Waals surface area contributed by atoms with Gasteiger partial charge in [-0.1, -0.05) is 37.6 Å². The second kappa shape index (κ2) is 11.1. The summed E-state index contributed by atoms with van der Waals surface area (Å²) in [6.07, 6.45) is 6.83. The number of hydrogen-bond acceptors (Lipinski definition) is 2. The minimum absolute atomic E-state index is 0.253. The molecule has 1 aliphatic rings. The van der Waals surface area contributed by atoms with Crippen molar-refractivity contribution < 1.29 is 5.11 Å². The third-order valence-corrected chi connectivity index (χ3v) is 5.10. The molecular formula is C21H35N3O. The van der Waals surface area contributed by atoms with Gasteiger partial charge in [-0.05, 0) is 56.1 Å². The summed E-state index contributed by atoms with van der Waals surface area (Å²) in [7, 11) is 0. The molecule has 0 bridgehead atoms. The van der Waals surface area contributed by atoms with Crippen molar-refractivity contribution in [3.8, 4) is 0 Å². The molecule has 140 valence electrons. The first-order valence-electron chi connectivity index (χ1n) is 9.99. The predicted molar refractivity (Wildman–Crippen MR) is 106 cm³/mol. The van der Waals surface area contributed by atoms with Crippen molar-refractivity contribution in [3.63, 3.8) is 0 Å². The Kier molecular flexibility index (Phi) is 8.81. The second-order valence-corrected chi connectivity index (χ2v) is 7.06. The highest BCUT2D eigenvalue weighted by Crippen LogP contribution is 2.30. The van der Waals surface area contributed by atoms with Crippen molar-refractivity contribution >= 4 is 5.96 Å². The third-order valence-electron chi connectivity index (χ3n) is 5.10.